The van der Waals surface area contributed by atoms with Gasteiger partial charge in [0.05, 0.1) is 0 Å². The minimum atomic E-state index is -3.00. The molecule has 0 N–H and O–H groups in total. The second kappa shape index (κ2) is 5.72. The Morgan fingerprint density at radius 2 is 0.833 bits per heavy atom. The summed E-state index contributed by atoms with van der Waals surface area (Å²) in [5.74, 6) is 0. The van der Waals surface area contributed by atoms with E-state index in [1.165, 1.54) is 0 Å². The molecule has 40 valence electrons. The first-order chi connectivity index (χ1) is 2.00. The molecule has 0 aliphatic rings. The molecule has 0 fully saturated rings. The molecule has 0 aliphatic heterocycles. The van der Waals surface area contributed by atoms with Crippen LogP contribution in [0.15, 0.2) is 0 Å². The first-order valence-electron chi connectivity index (χ1n) is 0.456. The van der Waals surface area contributed by atoms with Crippen molar-refractivity contribution >= 4 is 36.8 Å². The maximum absolute atomic E-state index is 5.00. The molecule has 0 spiro atoms. The molecule has 0 radical (unpaired) electrons. The Kier molecular flexibility index (Phi) is 12.0. The van der Waals surface area contributed by atoms with Gasteiger partial charge in [-0.1, -0.05) is 0 Å². The van der Waals surface area contributed by atoms with Gasteiger partial charge in [0.2, 0.25) is 0 Å². The van der Waals surface area contributed by atoms with Crippen LogP contribution >= 0.6 is 36.8 Å². The SMILES string of the molecule is [Cl][Au-]([Cl])([Cl])[Cl].[Cs+]. The molecule has 6 heteroatoms. The number of halogens is 4. The molecule has 0 aliphatic carbocycles. The zero-order valence-corrected chi connectivity index (χ0v) is 14.3. The van der Waals surface area contributed by atoms with E-state index in [9.17, 15) is 0 Å². The van der Waals surface area contributed by atoms with E-state index in [-0.39, 0.29) is 68.9 Å². The van der Waals surface area contributed by atoms with Crippen LogP contribution < -0.4 is 68.9 Å². The van der Waals surface area contributed by atoms with Gasteiger partial charge in [0, 0.05) is 0 Å². The van der Waals surface area contributed by atoms with Crippen LogP contribution in [0.4, 0.5) is 0 Å². The van der Waals surface area contributed by atoms with Gasteiger partial charge < -0.3 is 0 Å². The second-order valence-electron chi connectivity index (χ2n) is 0.258. The van der Waals surface area contributed by atoms with Crippen LogP contribution in [-0.2, 0) is 12.8 Å². The molecule has 0 amide bonds. The van der Waals surface area contributed by atoms with Crippen LogP contribution in [-0.4, -0.2) is 0 Å². The van der Waals surface area contributed by atoms with Crippen molar-refractivity contribution in [2.75, 3.05) is 0 Å². The first-order valence-corrected chi connectivity index (χ1v) is 11.2. The van der Waals surface area contributed by atoms with Crippen LogP contribution in [0.2, 0.25) is 0 Å². The van der Waals surface area contributed by atoms with Gasteiger partial charge in [0.15, 0.2) is 0 Å². The molecule has 0 heterocycles. The smallest absolute Gasteiger partial charge is 1.00 e. The third kappa shape index (κ3) is 24.6. The van der Waals surface area contributed by atoms with Gasteiger partial charge in [0.25, 0.3) is 0 Å². The normalized spacial score (nSPS) is 12.7. The summed E-state index contributed by atoms with van der Waals surface area (Å²) in [6.45, 7) is 0. The van der Waals surface area contributed by atoms with Crippen LogP contribution in [0.25, 0.3) is 0 Å². The van der Waals surface area contributed by atoms with Crippen LogP contribution in [0.5, 0.6) is 0 Å². The standard InChI is InChI=1S/Au.4ClH.Cs/h;4*1H;/q+3;;;;;+1/p-4. The predicted octanol–water partition coefficient (Wildman–Crippen LogP) is -0.241. The summed E-state index contributed by atoms with van der Waals surface area (Å²) in [5, 5.41) is 0. The van der Waals surface area contributed by atoms with E-state index in [0.29, 0.717) is 0 Å². The Morgan fingerprint density at radius 3 is 0.833 bits per heavy atom. The van der Waals surface area contributed by atoms with Crippen molar-refractivity contribution in [3.8, 4) is 0 Å². The fourth-order valence-electron chi connectivity index (χ4n) is 0. The summed E-state index contributed by atoms with van der Waals surface area (Å²) in [7, 11) is 20.0. The Bertz CT molecular complexity index is 23.0. The third-order valence-electron chi connectivity index (χ3n) is 0. The van der Waals surface area contributed by atoms with Crippen molar-refractivity contribution < 1.29 is 81.7 Å². The van der Waals surface area contributed by atoms with Crippen molar-refractivity contribution in [3.63, 3.8) is 0 Å². The summed E-state index contributed by atoms with van der Waals surface area (Å²) in [5.41, 5.74) is 0. The van der Waals surface area contributed by atoms with Crippen molar-refractivity contribution in [1.29, 1.82) is 0 Å². The van der Waals surface area contributed by atoms with Crippen LogP contribution in [0.3, 0.4) is 0 Å². The van der Waals surface area contributed by atoms with Crippen LogP contribution in [0, 0.1) is 0 Å². The fourth-order valence-corrected chi connectivity index (χ4v) is 0. The summed E-state index contributed by atoms with van der Waals surface area (Å²) < 4.78 is 0. The molecule has 0 aromatic rings. The predicted molar refractivity (Wildman–Crippen MR) is 23.4 cm³/mol. The Hall–Kier alpha value is 3.95. The molecule has 0 unspecified atom stereocenters. The number of hydrogen-bond acceptors (Lipinski definition) is 0. The first kappa shape index (κ1) is 12.6. The molecule has 0 aromatic carbocycles. The maximum Gasteiger partial charge on any atom is 1.00 e. The summed E-state index contributed by atoms with van der Waals surface area (Å²) in [6.07, 6.45) is 0. The molecule has 0 atom stereocenters. The minimum absolute atomic E-state index is 0. The number of hydrogen-bond donors (Lipinski definition) is 0. The minimum Gasteiger partial charge on any atom is 1.00 e. The van der Waals surface area contributed by atoms with Gasteiger partial charge >= 0.3 is 118 Å². The van der Waals surface area contributed by atoms with Gasteiger partial charge in [-0.2, -0.15) is 0 Å². The van der Waals surface area contributed by atoms with E-state index < -0.39 is 12.8 Å². The molecule has 0 aromatic heterocycles. The van der Waals surface area contributed by atoms with E-state index >= 15 is 0 Å². The van der Waals surface area contributed by atoms with Gasteiger partial charge in [-0.15, -0.1) is 0 Å². The molecular formula is AuCl4Cs. The van der Waals surface area contributed by atoms with E-state index in [0.717, 1.165) is 0 Å². The molecule has 0 saturated carbocycles. The van der Waals surface area contributed by atoms with E-state index in [1.54, 1.807) is 0 Å². The Balaban J connectivity index is 0. The number of rotatable bonds is 0. The summed E-state index contributed by atoms with van der Waals surface area (Å²) in [4.78, 5) is 0. The molecule has 6 heavy (non-hydrogen) atoms. The fraction of sp³-hybridized carbons (Fsp3) is 0. The molecule has 0 rings (SSSR count). The van der Waals surface area contributed by atoms with Crippen LogP contribution in [0.1, 0.15) is 0 Å². The van der Waals surface area contributed by atoms with Gasteiger partial charge in [-0.3, -0.25) is 0 Å². The third-order valence-corrected chi connectivity index (χ3v) is 0. The quantitative estimate of drug-likeness (QED) is 0.428. The second-order valence-corrected chi connectivity index (χ2v) is 19.0. The van der Waals surface area contributed by atoms with Crippen molar-refractivity contribution in [2.24, 2.45) is 0 Å². The van der Waals surface area contributed by atoms with E-state index in [4.69, 9.17) is 36.8 Å². The maximum atomic E-state index is 5.00. The van der Waals surface area contributed by atoms with Gasteiger partial charge in [0.1, 0.15) is 0 Å². The van der Waals surface area contributed by atoms with E-state index in [2.05, 4.69) is 0 Å². The van der Waals surface area contributed by atoms with Crippen molar-refractivity contribution in [1.82, 2.24) is 0 Å². The van der Waals surface area contributed by atoms with Gasteiger partial charge in [-0.05, 0) is 0 Å². The zero-order chi connectivity index (χ0) is 4.50. The average molecular weight is 472 g/mol. The monoisotopic (exact) mass is 470 g/mol. The topological polar surface area (TPSA) is 0 Å². The van der Waals surface area contributed by atoms with Crippen molar-refractivity contribution in [3.05, 3.63) is 0 Å². The summed E-state index contributed by atoms with van der Waals surface area (Å²) >= 11 is -3.00. The largest absolute Gasteiger partial charge is 1.00 e. The van der Waals surface area contributed by atoms with Crippen molar-refractivity contribution in [2.45, 2.75) is 0 Å². The molecule has 0 nitrogen and oxygen atoms in total. The zero-order valence-electron chi connectivity index (χ0n) is 2.81. The van der Waals surface area contributed by atoms with Gasteiger partial charge in [-0.25, -0.2) is 0 Å². The summed E-state index contributed by atoms with van der Waals surface area (Å²) in [6, 6.07) is 0. The Labute approximate surface area is 114 Å². The van der Waals surface area contributed by atoms with E-state index in [1.807, 2.05) is 0 Å². The Morgan fingerprint density at radius 1 is 0.833 bits per heavy atom. The molecular weight excluding hydrogens is 472 g/mol. The molecule has 0 saturated heterocycles. The average Bonchev–Trinajstić information content (AvgIpc) is 0.722. The molecule has 0 bridgehead atoms.